The Hall–Kier alpha value is -0.120. The first-order chi connectivity index (χ1) is 8.89. The first-order valence-corrected chi connectivity index (χ1v) is 8.00. The fourth-order valence-electron chi connectivity index (χ4n) is 2.91. The topological polar surface area (TPSA) is 24.5 Å². The summed E-state index contributed by atoms with van der Waals surface area (Å²) in [4.78, 5) is 2.57. The summed E-state index contributed by atoms with van der Waals surface area (Å²) in [6.45, 7) is 16.8. The van der Waals surface area contributed by atoms with Gasteiger partial charge in [0.2, 0.25) is 0 Å². The summed E-state index contributed by atoms with van der Waals surface area (Å²) in [7, 11) is 0. The van der Waals surface area contributed by atoms with Gasteiger partial charge < -0.3 is 10.1 Å². The van der Waals surface area contributed by atoms with E-state index in [0.29, 0.717) is 6.10 Å². The predicted octanol–water partition coefficient (Wildman–Crippen LogP) is 2.90. The Kier molecular flexibility index (Phi) is 7.33. The van der Waals surface area contributed by atoms with E-state index in [2.05, 4.69) is 44.8 Å². The van der Waals surface area contributed by atoms with E-state index in [4.69, 9.17) is 4.74 Å². The fourth-order valence-corrected chi connectivity index (χ4v) is 2.91. The molecular formula is C16H34N2O. The first kappa shape index (κ1) is 16.9. The maximum Gasteiger partial charge on any atom is 0.0757 e. The molecule has 1 heterocycles. The highest BCUT2D eigenvalue weighted by atomic mass is 16.5. The SMILES string of the molecule is CC(C)CNCCCCCN1CC(C)OC(C)(C)C1. The van der Waals surface area contributed by atoms with Gasteiger partial charge in [-0.1, -0.05) is 20.3 Å². The number of nitrogens with zero attached hydrogens (tertiary/aromatic N) is 1. The zero-order valence-corrected chi connectivity index (χ0v) is 13.7. The Morgan fingerprint density at radius 1 is 1.26 bits per heavy atom. The van der Waals surface area contributed by atoms with Crippen LogP contribution in [-0.2, 0) is 4.74 Å². The number of rotatable bonds is 8. The van der Waals surface area contributed by atoms with Gasteiger partial charge >= 0.3 is 0 Å². The minimum Gasteiger partial charge on any atom is -0.370 e. The highest BCUT2D eigenvalue weighted by Gasteiger charge is 2.30. The van der Waals surface area contributed by atoms with Crippen molar-refractivity contribution in [3.63, 3.8) is 0 Å². The molecule has 0 bridgehead atoms. The van der Waals surface area contributed by atoms with Crippen molar-refractivity contribution in [3.05, 3.63) is 0 Å². The van der Waals surface area contributed by atoms with Crippen LogP contribution < -0.4 is 5.32 Å². The molecule has 1 saturated heterocycles. The van der Waals surface area contributed by atoms with Gasteiger partial charge in [-0.25, -0.2) is 0 Å². The molecule has 1 N–H and O–H groups in total. The molecule has 1 aliphatic heterocycles. The molecule has 1 rings (SSSR count). The number of nitrogens with one attached hydrogen (secondary N) is 1. The van der Waals surface area contributed by atoms with Crippen LogP contribution in [0.15, 0.2) is 0 Å². The highest BCUT2D eigenvalue weighted by Crippen LogP contribution is 2.20. The quantitative estimate of drug-likeness (QED) is 0.686. The second kappa shape index (κ2) is 8.23. The third-order valence-corrected chi connectivity index (χ3v) is 3.52. The third kappa shape index (κ3) is 7.91. The van der Waals surface area contributed by atoms with Crippen LogP contribution in [0.5, 0.6) is 0 Å². The van der Waals surface area contributed by atoms with Crippen molar-refractivity contribution in [1.29, 1.82) is 0 Å². The first-order valence-electron chi connectivity index (χ1n) is 8.00. The van der Waals surface area contributed by atoms with Crippen LogP contribution in [0.3, 0.4) is 0 Å². The van der Waals surface area contributed by atoms with Gasteiger partial charge in [0.15, 0.2) is 0 Å². The predicted molar refractivity (Wildman–Crippen MR) is 82.6 cm³/mol. The van der Waals surface area contributed by atoms with E-state index in [9.17, 15) is 0 Å². The van der Waals surface area contributed by atoms with Gasteiger partial charge in [-0.3, -0.25) is 4.90 Å². The molecule has 114 valence electrons. The lowest BCUT2D eigenvalue weighted by molar-refractivity contribution is -0.128. The van der Waals surface area contributed by atoms with Crippen LogP contribution in [-0.4, -0.2) is 49.3 Å². The summed E-state index contributed by atoms with van der Waals surface area (Å²) in [5.41, 5.74) is 0.0243. The molecule has 19 heavy (non-hydrogen) atoms. The minimum absolute atomic E-state index is 0.0243. The van der Waals surface area contributed by atoms with Gasteiger partial charge in [-0.2, -0.15) is 0 Å². The van der Waals surface area contributed by atoms with E-state index in [1.165, 1.54) is 32.4 Å². The summed E-state index contributed by atoms with van der Waals surface area (Å²) in [5.74, 6) is 0.761. The maximum absolute atomic E-state index is 5.93. The highest BCUT2D eigenvalue weighted by molar-refractivity contribution is 4.82. The molecule has 3 nitrogen and oxygen atoms in total. The zero-order chi connectivity index (χ0) is 14.3. The van der Waals surface area contributed by atoms with Crippen LogP contribution >= 0.6 is 0 Å². The summed E-state index contributed by atoms with van der Waals surface area (Å²) >= 11 is 0. The van der Waals surface area contributed by atoms with Crippen LogP contribution in [0.1, 0.15) is 53.9 Å². The Morgan fingerprint density at radius 2 is 2.00 bits per heavy atom. The Labute approximate surface area is 120 Å². The van der Waals surface area contributed by atoms with Gasteiger partial charge in [-0.05, 0) is 59.2 Å². The molecule has 0 aliphatic carbocycles. The molecule has 1 atom stereocenters. The number of hydrogen-bond acceptors (Lipinski definition) is 3. The summed E-state index contributed by atoms with van der Waals surface area (Å²) < 4.78 is 5.93. The fraction of sp³-hybridized carbons (Fsp3) is 1.00. The molecule has 1 fully saturated rings. The van der Waals surface area contributed by atoms with Crippen molar-refractivity contribution in [2.24, 2.45) is 5.92 Å². The second-order valence-electron chi connectivity index (χ2n) is 7.08. The molecule has 0 aromatic rings. The lowest BCUT2D eigenvalue weighted by Gasteiger charge is -2.41. The number of ether oxygens (including phenoxy) is 1. The Balaban J connectivity index is 2.03. The normalized spacial score (nSPS) is 24.0. The molecule has 3 heteroatoms. The standard InChI is InChI=1S/C16H34N2O/c1-14(2)11-17-9-7-6-8-10-18-12-15(3)19-16(4,5)13-18/h14-15,17H,6-13H2,1-5H3. The average molecular weight is 270 g/mol. The minimum atomic E-state index is 0.0243. The number of morpholine rings is 1. The summed E-state index contributed by atoms with van der Waals surface area (Å²) in [5, 5.41) is 3.51. The second-order valence-corrected chi connectivity index (χ2v) is 7.08. The molecular weight excluding hydrogens is 236 g/mol. The number of unbranched alkanes of at least 4 members (excludes halogenated alkanes) is 2. The Morgan fingerprint density at radius 3 is 2.63 bits per heavy atom. The van der Waals surface area contributed by atoms with E-state index >= 15 is 0 Å². The third-order valence-electron chi connectivity index (χ3n) is 3.52. The van der Waals surface area contributed by atoms with Crippen molar-refractivity contribution in [2.75, 3.05) is 32.7 Å². The molecule has 0 spiro atoms. The molecule has 0 amide bonds. The van der Waals surface area contributed by atoms with E-state index in [1.54, 1.807) is 0 Å². The van der Waals surface area contributed by atoms with E-state index in [1.807, 2.05) is 0 Å². The lowest BCUT2D eigenvalue weighted by atomic mass is 10.1. The van der Waals surface area contributed by atoms with Crippen LogP contribution in [0.25, 0.3) is 0 Å². The molecule has 0 radical (unpaired) electrons. The van der Waals surface area contributed by atoms with Crippen molar-refractivity contribution in [3.8, 4) is 0 Å². The van der Waals surface area contributed by atoms with E-state index < -0.39 is 0 Å². The van der Waals surface area contributed by atoms with Crippen LogP contribution in [0.2, 0.25) is 0 Å². The van der Waals surface area contributed by atoms with Crippen molar-refractivity contribution >= 4 is 0 Å². The van der Waals surface area contributed by atoms with Gasteiger partial charge in [0.05, 0.1) is 11.7 Å². The van der Waals surface area contributed by atoms with Gasteiger partial charge in [0.25, 0.3) is 0 Å². The summed E-state index contributed by atoms with van der Waals surface area (Å²) in [6, 6.07) is 0. The molecule has 1 unspecified atom stereocenters. The smallest absolute Gasteiger partial charge is 0.0757 e. The lowest BCUT2D eigenvalue weighted by Crippen LogP contribution is -2.51. The zero-order valence-electron chi connectivity index (χ0n) is 13.7. The van der Waals surface area contributed by atoms with E-state index in [-0.39, 0.29) is 5.60 Å². The van der Waals surface area contributed by atoms with Crippen LogP contribution in [0.4, 0.5) is 0 Å². The monoisotopic (exact) mass is 270 g/mol. The van der Waals surface area contributed by atoms with E-state index in [0.717, 1.165) is 25.6 Å². The molecule has 0 aromatic carbocycles. The van der Waals surface area contributed by atoms with Gasteiger partial charge in [0.1, 0.15) is 0 Å². The molecule has 0 saturated carbocycles. The van der Waals surface area contributed by atoms with Crippen molar-refractivity contribution in [2.45, 2.75) is 65.6 Å². The number of hydrogen-bond donors (Lipinski definition) is 1. The average Bonchev–Trinajstić information content (AvgIpc) is 2.24. The Bertz CT molecular complexity index is 241. The summed E-state index contributed by atoms with van der Waals surface area (Å²) in [6.07, 6.45) is 4.32. The van der Waals surface area contributed by atoms with Crippen molar-refractivity contribution < 1.29 is 4.74 Å². The van der Waals surface area contributed by atoms with Crippen LogP contribution in [0, 0.1) is 5.92 Å². The maximum atomic E-state index is 5.93. The largest absolute Gasteiger partial charge is 0.370 e. The van der Waals surface area contributed by atoms with Gasteiger partial charge in [-0.15, -0.1) is 0 Å². The van der Waals surface area contributed by atoms with Gasteiger partial charge in [0, 0.05) is 13.1 Å². The molecule has 1 aliphatic rings. The molecule has 0 aromatic heterocycles. The van der Waals surface area contributed by atoms with Crippen molar-refractivity contribution in [1.82, 2.24) is 10.2 Å².